The zero-order chi connectivity index (χ0) is 23.7. The molecule has 4 heterocycles. The van der Waals surface area contributed by atoms with Gasteiger partial charge >= 0.3 is 6.03 Å². The number of benzene rings is 1. The zero-order valence-corrected chi connectivity index (χ0v) is 19.3. The number of hydrogen-bond acceptors (Lipinski definition) is 6. The van der Waals surface area contributed by atoms with Crippen LogP contribution >= 0.6 is 0 Å². The van der Waals surface area contributed by atoms with Gasteiger partial charge in [0, 0.05) is 51.0 Å². The van der Waals surface area contributed by atoms with Crippen LogP contribution in [0.25, 0.3) is 0 Å². The van der Waals surface area contributed by atoms with E-state index in [1.54, 1.807) is 11.0 Å². The molecule has 10 heteroatoms. The standard InChI is InChI=1S/C24H30F2N6O2/c1-31-12-18(15-2-3-19(25)20(26)10-15)22(13-31)30-24(33)32-7-4-16-11-27-23(29-21(16)14-32)28-17-5-8-34-9-6-17/h2-3,10-11,17-18,22H,4-9,12-14H2,1H3,(H,30,33)(H,27,28,29)/t18-,22+/m0/s1. The Labute approximate surface area is 197 Å². The number of halogens is 2. The van der Waals surface area contributed by atoms with Gasteiger partial charge < -0.3 is 25.2 Å². The second-order valence-electron chi connectivity index (χ2n) is 9.43. The summed E-state index contributed by atoms with van der Waals surface area (Å²) in [6, 6.07) is 3.91. The minimum Gasteiger partial charge on any atom is -0.381 e. The Morgan fingerprint density at radius 3 is 2.79 bits per heavy atom. The molecule has 2 fully saturated rings. The Morgan fingerprint density at radius 2 is 2.00 bits per heavy atom. The lowest BCUT2D eigenvalue weighted by atomic mass is 9.94. The van der Waals surface area contributed by atoms with Gasteiger partial charge in [0.15, 0.2) is 11.6 Å². The monoisotopic (exact) mass is 472 g/mol. The fraction of sp³-hybridized carbons (Fsp3) is 0.542. The minimum absolute atomic E-state index is 0.112. The van der Waals surface area contributed by atoms with E-state index in [4.69, 9.17) is 9.72 Å². The summed E-state index contributed by atoms with van der Waals surface area (Å²) < 4.78 is 32.6. The van der Waals surface area contributed by atoms with E-state index in [0.29, 0.717) is 50.2 Å². The molecule has 34 heavy (non-hydrogen) atoms. The van der Waals surface area contributed by atoms with Gasteiger partial charge in [-0.3, -0.25) is 0 Å². The van der Waals surface area contributed by atoms with Gasteiger partial charge in [0.2, 0.25) is 5.95 Å². The number of hydrogen-bond donors (Lipinski definition) is 2. The number of rotatable bonds is 4. The van der Waals surface area contributed by atoms with Gasteiger partial charge in [0.25, 0.3) is 0 Å². The molecule has 182 valence electrons. The Bertz CT molecular complexity index is 1050. The van der Waals surface area contributed by atoms with Gasteiger partial charge in [-0.15, -0.1) is 0 Å². The number of aromatic nitrogens is 2. The van der Waals surface area contributed by atoms with Crippen molar-refractivity contribution >= 4 is 12.0 Å². The first-order valence-corrected chi connectivity index (χ1v) is 11.8. The molecule has 0 bridgehead atoms. The summed E-state index contributed by atoms with van der Waals surface area (Å²) in [7, 11) is 1.96. The number of likely N-dealkylation sites (tertiary alicyclic amines) is 1. The van der Waals surface area contributed by atoms with Crippen LogP contribution in [0.4, 0.5) is 19.5 Å². The van der Waals surface area contributed by atoms with Crippen LogP contribution < -0.4 is 10.6 Å². The summed E-state index contributed by atoms with van der Waals surface area (Å²) in [5, 5.41) is 6.52. The highest BCUT2D eigenvalue weighted by Gasteiger charge is 2.35. The molecular formula is C24H30F2N6O2. The average molecular weight is 473 g/mol. The van der Waals surface area contributed by atoms with Gasteiger partial charge in [-0.05, 0) is 49.6 Å². The number of carbonyl (C=O) groups excluding carboxylic acids is 1. The van der Waals surface area contributed by atoms with Crippen molar-refractivity contribution in [2.24, 2.45) is 0 Å². The van der Waals surface area contributed by atoms with E-state index < -0.39 is 11.6 Å². The van der Waals surface area contributed by atoms with Crippen molar-refractivity contribution in [1.82, 2.24) is 25.1 Å². The third-order valence-corrected chi connectivity index (χ3v) is 6.97. The number of likely N-dealkylation sites (N-methyl/N-ethyl adjacent to an activating group) is 1. The Hall–Kier alpha value is -2.85. The average Bonchev–Trinajstić information content (AvgIpc) is 3.20. The van der Waals surface area contributed by atoms with Crippen molar-refractivity contribution in [2.45, 2.75) is 43.8 Å². The summed E-state index contributed by atoms with van der Waals surface area (Å²) >= 11 is 0. The molecule has 3 aliphatic heterocycles. The minimum atomic E-state index is -0.866. The molecule has 8 nitrogen and oxygen atoms in total. The second kappa shape index (κ2) is 9.79. The van der Waals surface area contributed by atoms with Crippen LogP contribution in [0.2, 0.25) is 0 Å². The lowest BCUT2D eigenvalue weighted by molar-refractivity contribution is 0.0903. The van der Waals surface area contributed by atoms with Crippen LogP contribution in [-0.2, 0) is 17.7 Å². The zero-order valence-electron chi connectivity index (χ0n) is 19.3. The SMILES string of the molecule is CN1C[C@@H](NC(=O)N2CCc3cnc(NC4CCOCC4)nc3C2)[C@H](c2ccc(F)c(F)c2)C1. The van der Waals surface area contributed by atoms with Crippen molar-refractivity contribution in [2.75, 3.05) is 45.2 Å². The normalized spacial score (nSPS) is 23.6. The molecule has 0 unspecified atom stereocenters. The van der Waals surface area contributed by atoms with Gasteiger partial charge in [-0.1, -0.05) is 6.07 Å². The number of carbonyl (C=O) groups is 1. The molecule has 3 aliphatic rings. The third-order valence-electron chi connectivity index (χ3n) is 6.97. The van der Waals surface area contributed by atoms with Crippen LogP contribution in [0, 0.1) is 11.6 Å². The van der Waals surface area contributed by atoms with Crippen molar-refractivity contribution in [3.8, 4) is 0 Å². The highest BCUT2D eigenvalue weighted by Crippen LogP contribution is 2.28. The summed E-state index contributed by atoms with van der Waals surface area (Å²) in [4.78, 5) is 26.2. The predicted octanol–water partition coefficient (Wildman–Crippen LogP) is 2.51. The molecule has 2 amide bonds. The largest absolute Gasteiger partial charge is 0.381 e. The number of nitrogens with one attached hydrogen (secondary N) is 2. The maximum absolute atomic E-state index is 13.8. The predicted molar refractivity (Wildman–Crippen MR) is 123 cm³/mol. The maximum Gasteiger partial charge on any atom is 0.318 e. The molecule has 0 spiro atoms. The lowest BCUT2D eigenvalue weighted by Gasteiger charge is -2.31. The molecule has 2 aromatic rings. The van der Waals surface area contributed by atoms with Gasteiger partial charge in [-0.2, -0.15) is 0 Å². The van der Waals surface area contributed by atoms with E-state index in [9.17, 15) is 13.6 Å². The van der Waals surface area contributed by atoms with Crippen LogP contribution in [0.5, 0.6) is 0 Å². The summed E-state index contributed by atoms with van der Waals surface area (Å²) in [6.07, 6.45) is 4.38. The highest BCUT2D eigenvalue weighted by atomic mass is 19.2. The Kier molecular flexibility index (Phi) is 6.60. The smallest absolute Gasteiger partial charge is 0.318 e. The van der Waals surface area contributed by atoms with Crippen LogP contribution in [0.1, 0.15) is 35.6 Å². The van der Waals surface area contributed by atoms with Crippen LogP contribution in [0.15, 0.2) is 24.4 Å². The van der Waals surface area contributed by atoms with Gasteiger partial charge in [0.05, 0.1) is 18.3 Å². The van der Waals surface area contributed by atoms with Crippen molar-refractivity contribution in [1.29, 1.82) is 0 Å². The van der Waals surface area contributed by atoms with Crippen molar-refractivity contribution < 1.29 is 18.3 Å². The number of fused-ring (bicyclic) bond motifs is 1. The molecule has 2 N–H and O–H groups in total. The molecule has 0 aliphatic carbocycles. The van der Waals surface area contributed by atoms with Crippen LogP contribution in [-0.4, -0.2) is 77.8 Å². The van der Waals surface area contributed by atoms with Crippen molar-refractivity contribution in [3.63, 3.8) is 0 Å². The number of amides is 2. The summed E-state index contributed by atoms with van der Waals surface area (Å²) in [5.74, 6) is -1.26. The fourth-order valence-corrected chi connectivity index (χ4v) is 5.05. The summed E-state index contributed by atoms with van der Waals surface area (Å²) in [6.45, 7) is 3.75. The Balaban J connectivity index is 1.24. The molecule has 0 saturated carbocycles. The summed E-state index contributed by atoms with van der Waals surface area (Å²) in [5.41, 5.74) is 2.60. The van der Waals surface area contributed by atoms with E-state index in [0.717, 1.165) is 43.4 Å². The molecule has 2 atom stereocenters. The first kappa shape index (κ1) is 22.9. The van der Waals surface area contributed by atoms with Gasteiger partial charge in [-0.25, -0.2) is 23.5 Å². The number of anilines is 1. The second-order valence-corrected chi connectivity index (χ2v) is 9.43. The number of ether oxygens (including phenoxy) is 1. The van der Waals surface area contributed by atoms with E-state index in [1.165, 1.54) is 6.07 Å². The third kappa shape index (κ3) is 4.97. The highest BCUT2D eigenvalue weighted by molar-refractivity contribution is 5.75. The van der Waals surface area contributed by atoms with Crippen LogP contribution in [0.3, 0.4) is 0 Å². The number of nitrogens with zero attached hydrogens (tertiary/aromatic N) is 4. The number of urea groups is 1. The molecule has 5 rings (SSSR count). The molecule has 1 aromatic carbocycles. The fourth-order valence-electron chi connectivity index (χ4n) is 5.05. The molecule has 2 saturated heterocycles. The van der Waals surface area contributed by atoms with E-state index >= 15 is 0 Å². The first-order chi connectivity index (χ1) is 16.5. The molecular weight excluding hydrogens is 442 g/mol. The van der Waals surface area contributed by atoms with Crippen molar-refractivity contribution in [3.05, 3.63) is 52.9 Å². The molecule has 1 aromatic heterocycles. The quantitative estimate of drug-likeness (QED) is 0.712. The maximum atomic E-state index is 13.8. The van der Waals surface area contributed by atoms with E-state index in [-0.39, 0.29) is 18.0 Å². The van der Waals surface area contributed by atoms with E-state index in [1.807, 2.05) is 13.2 Å². The van der Waals surface area contributed by atoms with Gasteiger partial charge in [0.1, 0.15) is 0 Å². The topological polar surface area (TPSA) is 82.6 Å². The first-order valence-electron chi connectivity index (χ1n) is 11.8. The lowest BCUT2D eigenvalue weighted by Crippen LogP contribution is -2.49. The Morgan fingerprint density at radius 1 is 1.18 bits per heavy atom. The van der Waals surface area contributed by atoms with E-state index in [2.05, 4.69) is 20.5 Å². The molecule has 0 radical (unpaired) electrons.